The molecule has 4 heteroatoms. The van der Waals surface area contributed by atoms with Gasteiger partial charge < -0.3 is 20.4 Å². The lowest BCUT2D eigenvalue weighted by Crippen LogP contribution is -2.59. The molecule has 0 heterocycles. The van der Waals surface area contributed by atoms with Gasteiger partial charge in [0.2, 0.25) is 0 Å². The molecule has 0 rings (SSSR count). The summed E-state index contributed by atoms with van der Waals surface area (Å²) in [6, 6.07) is 0. The predicted molar refractivity (Wildman–Crippen MR) is 72.3 cm³/mol. The molecule has 0 fully saturated rings. The molecule has 1 unspecified atom stereocenters. The van der Waals surface area contributed by atoms with Crippen molar-refractivity contribution in [2.45, 2.75) is 71.0 Å². The van der Waals surface area contributed by atoms with E-state index in [2.05, 4.69) is 0 Å². The SMILES string of the molecule is CCCC(O)C(CO)(CO)C(O)(CCC)CCC. The Morgan fingerprint density at radius 3 is 1.61 bits per heavy atom. The van der Waals surface area contributed by atoms with Crippen molar-refractivity contribution in [2.75, 3.05) is 13.2 Å². The third-order valence-corrected chi connectivity index (χ3v) is 4.02. The Balaban J connectivity index is 5.34. The van der Waals surface area contributed by atoms with Crippen LogP contribution in [-0.4, -0.2) is 45.3 Å². The van der Waals surface area contributed by atoms with E-state index in [1.54, 1.807) is 0 Å². The molecule has 4 nitrogen and oxygen atoms in total. The van der Waals surface area contributed by atoms with Crippen molar-refractivity contribution in [2.24, 2.45) is 5.41 Å². The van der Waals surface area contributed by atoms with Crippen molar-refractivity contribution in [3.05, 3.63) is 0 Å². The van der Waals surface area contributed by atoms with Crippen LogP contribution in [0, 0.1) is 5.41 Å². The molecule has 0 radical (unpaired) electrons. The van der Waals surface area contributed by atoms with E-state index in [0.29, 0.717) is 19.3 Å². The first-order valence-electron chi connectivity index (χ1n) is 7.10. The van der Waals surface area contributed by atoms with Crippen molar-refractivity contribution in [3.63, 3.8) is 0 Å². The summed E-state index contributed by atoms with van der Waals surface area (Å²) < 4.78 is 0. The zero-order chi connectivity index (χ0) is 14.2. The molecule has 18 heavy (non-hydrogen) atoms. The fraction of sp³-hybridized carbons (Fsp3) is 1.00. The van der Waals surface area contributed by atoms with Gasteiger partial charge in [0.15, 0.2) is 0 Å². The molecule has 0 aromatic carbocycles. The minimum absolute atomic E-state index is 0.402. The van der Waals surface area contributed by atoms with E-state index in [1.807, 2.05) is 20.8 Å². The summed E-state index contributed by atoms with van der Waals surface area (Å²) in [4.78, 5) is 0. The van der Waals surface area contributed by atoms with Gasteiger partial charge in [0.05, 0.1) is 30.3 Å². The Morgan fingerprint density at radius 1 is 0.889 bits per heavy atom. The lowest BCUT2D eigenvalue weighted by atomic mass is 9.64. The molecule has 0 aromatic rings. The van der Waals surface area contributed by atoms with Crippen LogP contribution >= 0.6 is 0 Å². The summed E-state index contributed by atoms with van der Waals surface area (Å²) in [6.45, 7) is 5.03. The van der Waals surface area contributed by atoms with Gasteiger partial charge in [-0.3, -0.25) is 0 Å². The Kier molecular flexibility index (Phi) is 8.03. The van der Waals surface area contributed by atoms with Crippen molar-refractivity contribution in [1.82, 2.24) is 0 Å². The molecule has 110 valence electrons. The van der Waals surface area contributed by atoms with Crippen LogP contribution in [0.1, 0.15) is 59.3 Å². The lowest BCUT2D eigenvalue weighted by molar-refractivity contribution is -0.192. The Bertz CT molecular complexity index is 208. The minimum atomic E-state index is -1.23. The monoisotopic (exact) mass is 262 g/mol. The summed E-state index contributed by atoms with van der Waals surface area (Å²) in [5.41, 5.74) is -2.44. The molecule has 1 atom stereocenters. The van der Waals surface area contributed by atoms with Gasteiger partial charge in [-0.2, -0.15) is 0 Å². The maximum Gasteiger partial charge on any atom is 0.0772 e. The Hall–Kier alpha value is -0.160. The van der Waals surface area contributed by atoms with Crippen LogP contribution in [0.15, 0.2) is 0 Å². The van der Waals surface area contributed by atoms with Gasteiger partial charge in [-0.15, -0.1) is 0 Å². The van der Waals surface area contributed by atoms with Crippen LogP contribution in [0.2, 0.25) is 0 Å². The molecule has 0 aromatic heterocycles. The van der Waals surface area contributed by atoms with Crippen LogP contribution in [0.4, 0.5) is 0 Å². The first-order chi connectivity index (χ1) is 8.47. The maximum absolute atomic E-state index is 10.8. The summed E-state index contributed by atoms with van der Waals surface area (Å²) in [6.07, 6.45) is 2.77. The van der Waals surface area contributed by atoms with Gasteiger partial charge in [-0.1, -0.05) is 40.0 Å². The van der Waals surface area contributed by atoms with Gasteiger partial charge in [-0.05, 0) is 19.3 Å². The van der Waals surface area contributed by atoms with Crippen LogP contribution < -0.4 is 0 Å². The second-order valence-electron chi connectivity index (χ2n) is 5.31. The van der Waals surface area contributed by atoms with Gasteiger partial charge >= 0.3 is 0 Å². The second-order valence-corrected chi connectivity index (χ2v) is 5.31. The molecule has 0 saturated carbocycles. The smallest absolute Gasteiger partial charge is 0.0772 e. The molecule has 0 bridgehead atoms. The van der Waals surface area contributed by atoms with E-state index in [-0.39, 0.29) is 0 Å². The van der Waals surface area contributed by atoms with E-state index in [1.165, 1.54) is 0 Å². The highest BCUT2D eigenvalue weighted by atomic mass is 16.3. The highest BCUT2D eigenvalue weighted by molar-refractivity contribution is 5.02. The quantitative estimate of drug-likeness (QED) is 0.480. The van der Waals surface area contributed by atoms with Crippen LogP contribution in [-0.2, 0) is 0 Å². The fourth-order valence-electron chi connectivity index (χ4n) is 2.86. The van der Waals surface area contributed by atoms with Gasteiger partial charge in [-0.25, -0.2) is 0 Å². The second kappa shape index (κ2) is 8.10. The fourth-order valence-corrected chi connectivity index (χ4v) is 2.86. The average Bonchev–Trinajstić information content (AvgIpc) is 2.32. The molecule has 0 aliphatic carbocycles. The van der Waals surface area contributed by atoms with Gasteiger partial charge in [0, 0.05) is 0 Å². The summed E-state index contributed by atoms with van der Waals surface area (Å²) in [5.74, 6) is 0. The molecule has 0 amide bonds. The Labute approximate surface area is 111 Å². The molecular formula is C14H30O4. The third-order valence-electron chi connectivity index (χ3n) is 4.02. The van der Waals surface area contributed by atoms with Gasteiger partial charge in [0.1, 0.15) is 0 Å². The largest absolute Gasteiger partial charge is 0.395 e. The number of rotatable bonds is 10. The van der Waals surface area contributed by atoms with Crippen LogP contribution in [0.5, 0.6) is 0 Å². The van der Waals surface area contributed by atoms with Crippen LogP contribution in [0.25, 0.3) is 0 Å². The van der Waals surface area contributed by atoms with Gasteiger partial charge in [0.25, 0.3) is 0 Å². The van der Waals surface area contributed by atoms with Crippen molar-refractivity contribution < 1.29 is 20.4 Å². The number of hydrogen-bond donors (Lipinski definition) is 4. The van der Waals surface area contributed by atoms with E-state index in [0.717, 1.165) is 19.3 Å². The molecule has 0 aliphatic heterocycles. The number of aliphatic hydroxyl groups excluding tert-OH is 3. The van der Waals surface area contributed by atoms with E-state index < -0.39 is 30.3 Å². The van der Waals surface area contributed by atoms with E-state index in [9.17, 15) is 20.4 Å². The molecular weight excluding hydrogens is 232 g/mol. The zero-order valence-electron chi connectivity index (χ0n) is 12.0. The Morgan fingerprint density at radius 2 is 1.33 bits per heavy atom. The number of hydrogen-bond acceptors (Lipinski definition) is 4. The normalized spacial score (nSPS) is 14.8. The highest BCUT2D eigenvalue weighted by Crippen LogP contribution is 2.42. The summed E-state index contributed by atoms with van der Waals surface area (Å²) in [7, 11) is 0. The molecule has 4 N–H and O–H groups in total. The topological polar surface area (TPSA) is 80.9 Å². The summed E-state index contributed by atoms with van der Waals surface area (Å²) in [5, 5.41) is 40.5. The maximum atomic E-state index is 10.8. The molecule has 0 spiro atoms. The molecule has 0 aliphatic rings. The van der Waals surface area contributed by atoms with E-state index >= 15 is 0 Å². The summed E-state index contributed by atoms with van der Waals surface area (Å²) >= 11 is 0. The van der Waals surface area contributed by atoms with Crippen molar-refractivity contribution >= 4 is 0 Å². The standard InChI is InChI=1S/C14H30O4/c1-4-7-12(17)13(10-15,11-16)14(18,8-5-2)9-6-3/h12,15-18H,4-11H2,1-3H3. The third kappa shape index (κ3) is 3.44. The van der Waals surface area contributed by atoms with Crippen LogP contribution in [0.3, 0.4) is 0 Å². The number of aliphatic hydroxyl groups is 4. The highest BCUT2D eigenvalue weighted by Gasteiger charge is 2.52. The van der Waals surface area contributed by atoms with E-state index in [4.69, 9.17) is 0 Å². The predicted octanol–water partition coefficient (Wildman–Crippen LogP) is 1.45. The average molecular weight is 262 g/mol. The van der Waals surface area contributed by atoms with Crippen molar-refractivity contribution in [3.8, 4) is 0 Å². The lowest BCUT2D eigenvalue weighted by Gasteiger charge is -2.48. The van der Waals surface area contributed by atoms with Crippen molar-refractivity contribution in [1.29, 1.82) is 0 Å². The molecule has 0 saturated heterocycles. The first kappa shape index (κ1) is 17.8. The zero-order valence-corrected chi connectivity index (χ0v) is 12.0. The first-order valence-corrected chi connectivity index (χ1v) is 7.10. The minimum Gasteiger partial charge on any atom is -0.395 e.